The van der Waals surface area contributed by atoms with Crippen molar-refractivity contribution in [2.45, 2.75) is 6.92 Å². The van der Waals surface area contributed by atoms with Crippen molar-refractivity contribution in [3.05, 3.63) is 36.0 Å². The van der Waals surface area contributed by atoms with E-state index in [-0.39, 0.29) is 6.03 Å². The molecule has 0 saturated heterocycles. The molecule has 2 rings (SSSR count). The fourth-order valence-electron chi connectivity index (χ4n) is 1.40. The Balaban J connectivity index is 1.98. The van der Waals surface area contributed by atoms with Crippen LogP contribution >= 0.6 is 11.5 Å². The highest BCUT2D eigenvalue weighted by Crippen LogP contribution is 2.18. The highest BCUT2D eigenvalue weighted by atomic mass is 32.1. The zero-order valence-corrected chi connectivity index (χ0v) is 10.9. The molecule has 0 atom stereocenters. The molecule has 0 aliphatic carbocycles. The van der Waals surface area contributed by atoms with Crippen molar-refractivity contribution in [3.63, 3.8) is 0 Å². The van der Waals surface area contributed by atoms with Crippen LogP contribution in [0.25, 0.3) is 0 Å². The highest BCUT2D eigenvalue weighted by molar-refractivity contribution is 7.10. The number of carbonyl (C=O) groups is 1. The molecular weight excluding hydrogens is 250 g/mol. The quantitative estimate of drug-likeness (QED) is 0.894. The third-order valence-corrected chi connectivity index (χ3v) is 2.99. The van der Waals surface area contributed by atoms with E-state index in [1.54, 1.807) is 19.2 Å². The monoisotopic (exact) mass is 263 g/mol. The van der Waals surface area contributed by atoms with Gasteiger partial charge in [-0.3, -0.25) is 5.32 Å². The number of benzene rings is 1. The minimum absolute atomic E-state index is 0.299. The minimum atomic E-state index is -0.299. The van der Waals surface area contributed by atoms with Crippen LogP contribution < -0.4 is 15.4 Å². The molecule has 18 heavy (non-hydrogen) atoms. The number of methoxy groups -OCH3 is 1. The predicted molar refractivity (Wildman–Crippen MR) is 72.5 cm³/mol. The maximum atomic E-state index is 11.7. The molecule has 0 saturated carbocycles. The Hall–Kier alpha value is -2.08. The lowest BCUT2D eigenvalue weighted by molar-refractivity contribution is 0.262. The topological polar surface area (TPSA) is 63.2 Å². The standard InChI is InChI=1S/C12H13N3O2S/c1-8-6-11(18-15-8)14-12(16)13-9-4-3-5-10(7-9)17-2/h3-7H,1-2H3,(H2,13,14,16). The molecule has 94 valence electrons. The molecule has 1 aromatic carbocycles. The maximum Gasteiger partial charge on any atom is 0.324 e. The third-order valence-electron chi connectivity index (χ3n) is 2.19. The van der Waals surface area contributed by atoms with Gasteiger partial charge in [0.15, 0.2) is 0 Å². The highest BCUT2D eigenvalue weighted by Gasteiger charge is 2.05. The number of ether oxygens (including phenoxy) is 1. The average Bonchev–Trinajstić information content (AvgIpc) is 2.74. The summed E-state index contributed by atoms with van der Waals surface area (Å²) >= 11 is 1.25. The van der Waals surface area contributed by atoms with Gasteiger partial charge in [0.05, 0.1) is 12.8 Å². The van der Waals surface area contributed by atoms with Gasteiger partial charge < -0.3 is 10.1 Å². The lowest BCUT2D eigenvalue weighted by atomic mass is 10.3. The Kier molecular flexibility index (Phi) is 3.78. The first-order chi connectivity index (χ1) is 8.67. The van der Waals surface area contributed by atoms with Gasteiger partial charge in [-0.2, -0.15) is 4.37 Å². The Morgan fingerprint density at radius 3 is 2.83 bits per heavy atom. The molecule has 0 aliphatic rings. The first-order valence-electron chi connectivity index (χ1n) is 5.33. The number of amides is 2. The number of carbonyl (C=O) groups excluding carboxylic acids is 1. The molecule has 0 radical (unpaired) electrons. The van der Waals surface area contributed by atoms with Crippen LogP contribution in [0.5, 0.6) is 5.75 Å². The van der Waals surface area contributed by atoms with E-state index in [1.807, 2.05) is 25.1 Å². The van der Waals surface area contributed by atoms with E-state index in [9.17, 15) is 4.79 Å². The second-order valence-electron chi connectivity index (χ2n) is 3.64. The molecule has 0 unspecified atom stereocenters. The molecule has 2 N–H and O–H groups in total. The summed E-state index contributed by atoms with van der Waals surface area (Å²) in [5.41, 5.74) is 1.56. The van der Waals surface area contributed by atoms with Crippen LogP contribution in [0.4, 0.5) is 15.5 Å². The van der Waals surface area contributed by atoms with E-state index in [0.717, 1.165) is 5.69 Å². The summed E-state index contributed by atoms with van der Waals surface area (Å²) in [4.78, 5) is 11.7. The normalized spacial score (nSPS) is 9.89. The number of rotatable bonds is 3. The smallest absolute Gasteiger partial charge is 0.324 e. The van der Waals surface area contributed by atoms with Crippen molar-refractivity contribution in [1.29, 1.82) is 0 Å². The number of nitrogens with zero attached hydrogens (tertiary/aromatic N) is 1. The van der Waals surface area contributed by atoms with Gasteiger partial charge >= 0.3 is 6.03 Å². The number of aryl methyl sites for hydroxylation is 1. The van der Waals surface area contributed by atoms with E-state index in [2.05, 4.69) is 15.0 Å². The molecule has 0 aliphatic heterocycles. The van der Waals surface area contributed by atoms with Crippen molar-refractivity contribution in [2.24, 2.45) is 0 Å². The SMILES string of the molecule is COc1cccc(NC(=O)Nc2cc(C)ns2)c1. The number of hydrogen-bond acceptors (Lipinski definition) is 4. The van der Waals surface area contributed by atoms with Gasteiger partial charge in [-0.1, -0.05) is 6.07 Å². The first-order valence-corrected chi connectivity index (χ1v) is 6.10. The summed E-state index contributed by atoms with van der Waals surface area (Å²) in [5.74, 6) is 0.696. The molecule has 0 fully saturated rings. The second-order valence-corrected chi connectivity index (χ2v) is 4.45. The van der Waals surface area contributed by atoms with E-state index < -0.39 is 0 Å². The first kappa shape index (κ1) is 12.4. The van der Waals surface area contributed by atoms with Gasteiger partial charge in [-0.05, 0) is 36.7 Å². The lowest BCUT2D eigenvalue weighted by Gasteiger charge is -2.07. The van der Waals surface area contributed by atoms with Gasteiger partial charge in [0.2, 0.25) is 0 Å². The number of urea groups is 1. The zero-order chi connectivity index (χ0) is 13.0. The summed E-state index contributed by atoms with van der Waals surface area (Å²) in [6.07, 6.45) is 0. The Bertz CT molecular complexity index is 554. The van der Waals surface area contributed by atoms with Crippen LogP contribution in [0.2, 0.25) is 0 Å². The summed E-state index contributed by atoms with van der Waals surface area (Å²) in [6.45, 7) is 1.88. The molecular formula is C12H13N3O2S. The fraction of sp³-hybridized carbons (Fsp3) is 0.167. The van der Waals surface area contributed by atoms with Crippen molar-refractivity contribution in [2.75, 3.05) is 17.7 Å². The average molecular weight is 263 g/mol. The fourth-order valence-corrected chi connectivity index (χ4v) is 2.05. The van der Waals surface area contributed by atoms with Crippen LogP contribution in [0.3, 0.4) is 0 Å². The van der Waals surface area contributed by atoms with Crippen LogP contribution in [-0.2, 0) is 0 Å². The molecule has 2 amide bonds. The zero-order valence-electron chi connectivity index (χ0n) is 10.1. The van der Waals surface area contributed by atoms with Crippen LogP contribution in [0.15, 0.2) is 30.3 Å². The Morgan fingerprint density at radius 1 is 1.33 bits per heavy atom. The van der Waals surface area contributed by atoms with Crippen molar-refractivity contribution in [3.8, 4) is 5.75 Å². The van der Waals surface area contributed by atoms with Crippen LogP contribution in [0.1, 0.15) is 5.69 Å². The van der Waals surface area contributed by atoms with E-state index in [1.165, 1.54) is 11.5 Å². The van der Waals surface area contributed by atoms with Crippen LogP contribution in [0, 0.1) is 6.92 Å². The summed E-state index contributed by atoms with van der Waals surface area (Å²) in [6, 6.07) is 8.68. The van der Waals surface area contributed by atoms with Gasteiger partial charge in [0.1, 0.15) is 10.8 Å². The molecule has 2 aromatic rings. The molecule has 0 spiro atoms. The number of hydrogen-bond donors (Lipinski definition) is 2. The molecule has 6 heteroatoms. The summed E-state index contributed by atoms with van der Waals surface area (Å²) < 4.78 is 9.16. The Morgan fingerprint density at radius 2 is 2.17 bits per heavy atom. The molecule has 5 nitrogen and oxygen atoms in total. The van der Waals surface area contributed by atoms with E-state index in [4.69, 9.17) is 4.74 Å². The van der Waals surface area contributed by atoms with Gasteiger partial charge in [-0.15, -0.1) is 0 Å². The van der Waals surface area contributed by atoms with Gasteiger partial charge in [-0.25, -0.2) is 4.79 Å². The molecule has 1 heterocycles. The largest absolute Gasteiger partial charge is 0.497 e. The lowest BCUT2D eigenvalue weighted by Crippen LogP contribution is -2.18. The number of aromatic nitrogens is 1. The second kappa shape index (κ2) is 5.50. The molecule has 0 bridgehead atoms. The van der Waals surface area contributed by atoms with Crippen molar-refractivity contribution < 1.29 is 9.53 Å². The van der Waals surface area contributed by atoms with E-state index in [0.29, 0.717) is 16.4 Å². The maximum absolute atomic E-state index is 11.7. The number of nitrogens with one attached hydrogen (secondary N) is 2. The summed E-state index contributed by atoms with van der Waals surface area (Å²) in [5, 5.41) is 6.15. The predicted octanol–water partition coefficient (Wildman–Crippen LogP) is 3.10. The Labute approximate surface area is 109 Å². The number of anilines is 2. The minimum Gasteiger partial charge on any atom is -0.497 e. The molecule has 1 aromatic heterocycles. The van der Waals surface area contributed by atoms with Crippen LogP contribution in [-0.4, -0.2) is 17.5 Å². The van der Waals surface area contributed by atoms with Crippen molar-refractivity contribution >= 4 is 28.3 Å². The van der Waals surface area contributed by atoms with E-state index >= 15 is 0 Å². The third kappa shape index (κ3) is 3.21. The van der Waals surface area contributed by atoms with Crippen molar-refractivity contribution in [1.82, 2.24) is 4.37 Å². The summed E-state index contributed by atoms with van der Waals surface area (Å²) in [7, 11) is 1.58. The van der Waals surface area contributed by atoms with Gasteiger partial charge in [0, 0.05) is 11.8 Å². The van der Waals surface area contributed by atoms with Gasteiger partial charge in [0.25, 0.3) is 0 Å².